The smallest absolute Gasteiger partial charge is 0.121 e. The first-order valence-corrected chi connectivity index (χ1v) is 7.27. The van der Waals surface area contributed by atoms with E-state index in [1.807, 2.05) is 31.3 Å². The summed E-state index contributed by atoms with van der Waals surface area (Å²) in [7, 11) is 4.03. The van der Waals surface area contributed by atoms with E-state index in [1.54, 1.807) is 11.3 Å². The van der Waals surface area contributed by atoms with Gasteiger partial charge in [-0.05, 0) is 30.6 Å². The SMILES string of the molecule is CNc1cccc(OCCN(C)Cc2cccs2)c1. The van der Waals surface area contributed by atoms with Crippen molar-refractivity contribution in [3.8, 4) is 5.75 Å². The molecule has 19 heavy (non-hydrogen) atoms. The Morgan fingerprint density at radius 3 is 2.89 bits per heavy atom. The summed E-state index contributed by atoms with van der Waals surface area (Å²) in [6.45, 7) is 2.61. The third-order valence-electron chi connectivity index (χ3n) is 2.87. The molecule has 2 rings (SSSR count). The number of hydrogen-bond acceptors (Lipinski definition) is 4. The lowest BCUT2D eigenvalue weighted by molar-refractivity contribution is 0.234. The molecule has 0 aliphatic rings. The van der Waals surface area contributed by atoms with Gasteiger partial charge in [0, 0.05) is 36.8 Å². The van der Waals surface area contributed by atoms with Crippen molar-refractivity contribution in [2.24, 2.45) is 0 Å². The van der Waals surface area contributed by atoms with Gasteiger partial charge in [0.2, 0.25) is 0 Å². The van der Waals surface area contributed by atoms with Crippen LogP contribution in [-0.2, 0) is 6.54 Å². The highest BCUT2D eigenvalue weighted by Gasteiger charge is 2.02. The van der Waals surface area contributed by atoms with Gasteiger partial charge in [0.1, 0.15) is 12.4 Å². The van der Waals surface area contributed by atoms with E-state index >= 15 is 0 Å². The Hall–Kier alpha value is -1.52. The summed E-state index contributed by atoms with van der Waals surface area (Å²) >= 11 is 1.80. The first-order valence-electron chi connectivity index (χ1n) is 6.39. The number of benzene rings is 1. The lowest BCUT2D eigenvalue weighted by atomic mass is 10.3. The van der Waals surface area contributed by atoms with Crippen molar-refractivity contribution in [1.82, 2.24) is 4.90 Å². The van der Waals surface area contributed by atoms with E-state index in [-0.39, 0.29) is 0 Å². The number of nitrogens with one attached hydrogen (secondary N) is 1. The van der Waals surface area contributed by atoms with E-state index in [4.69, 9.17) is 4.74 Å². The number of nitrogens with zero attached hydrogens (tertiary/aromatic N) is 1. The standard InChI is InChI=1S/C15H20N2OS/c1-16-13-5-3-6-14(11-13)18-9-8-17(2)12-15-7-4-10-19-15/h3-7,10-11,16H,8-9,12H2,1-2H3. The lowest BCUT2D eigenvalue weighted by Crippen LogP contribution is -2.23. The molecule has 0 amide bonds. The number of likely N-dealkylation sites (N-methyl/N-ethyl adjacent to an activating group) is 1. The maximum atomic E-state index is 5.76. The average molecular weight is 276 g/mol. The van der Waals surface area contributed by atoms with Crippen molar-refractivity contribution in [3.05, 3.63) is 46.7 Å². The van der Waals surface area contributed by atoms with Gasteiger partial charge in [0.05, 0.1) is 0 Å². The van der Waals surface area contributed by atoms with Crippen LogP contribution < -0.4 is 10.1 Å². The average Bonchev–Trinajstić information content (AvgIpc) is 2.92. The quantitative estimate of drug-likeness (QED) is 0.839. The second kappa shape index (κ2) is 7.16. The van der Waals surface area contributed by atoms with Gasteiger partial charge in [-0.15, -0.1) is 11.3 Å². The molecule has 102 valence electrons. The normalized spacial score (nSPS) is 10.7. The third-order valence-corrected chi connectivity index (χ3v) is 3.73. The van der Waals surface area contributed by atoms with Gasteiger partial charge < -0.3 is 10.1 Å². The number of anilines is 1. The zero-order valence-electron chi connectivity index (χ0n) is 11.4. The summed E-state index contributed by atoms with van der Waals surface area (Å²) < 4.78 is 5.76. The zero-order chi connectivity index (χ0) is 13.5. The molecule has 1 heterocycles. The first kappa shape index (κ1) is 13.9. The van der Waals surface area contributed by atoms with Crippen LogP contribution in [0.2, 0.25) is 0 Å². The van der Waals surface area contributed by atoms with Crippen LogP contribution in [0.15, 0.2) is 41.8 Å². The minimum atomic E-state index is 0.703. The lowest BCUT2D eigenvalue weighted by Gasteiger charge is -2.16. The Bertz CT molecular complexity index is 485. The Labute approximate surface area is 118 Å². The summed E-state index contributed by atoms with van der Waals surface area (Å²) in [4.78, 5) is 3.66. The van der Waals surface area contributed by atoms with Crippen LogP contribution in [0.4, 0.5) is 5.69 Å². The van der Waals surface area contributed by atoms with Crippen molar-refractivity contribution in [3.63, 3.8) is 0 Å². The van der Waals surface area contributed by atoms with Gasteiger partial charge in [-0.25, -0.2) is 0 Å². The monoisotopic (exact) mass is 276 g/mol. The van der Waals surface area contributed by atoms with E-state index < -0.39 is 0 Å². The largest absolute Gasteiger partial charge is 0.492 e. The molecule has 0 aliphatic heterocycles. The van der Waals surface area contributed by atoms with E-state index in [2.05, 4.69) is 34.8 Å². The maximum Gasteiger partial charge on any atom is 0.121 e. The summed E-state index contributed by atoms with van der Waals surface area (Å²) in [5.41, 5.74) is 1.07. The molecule has 3 nitrogen and oxygen atoms in total. The topological polar surface area (TPSA) is 24.5 Å². The van der Waals surface area contributed by atoms with Gasteiger partial charge >= 0.3 is 0 Å². The minimum absolute atomic E-state index is 0.703. The summed E-state index contributed by atoms with van der Waals surface area (Å²) in [5.74, 6) is 0.913. The molecular weight excluding hydrogens is 256 g/mol. The van der Waals surface area contributed by atoms with Crippen molar-refractivity contribution in [1.29, 1.82) is 0 Å². The Morgan fingerprint density at radius 1 is 1.26 bits per heavy atom. The molecule has 4 heteroatoms. The maximum absolute atomic E-state index is 5.76. The predicted octanol–water partition coefficient (Wildman–Crippen LogP) is 3.30. The van der Waals surface area contributed by atoms with E-state index in [1.165, 1.54) is 4.88 Å². The first-order chi connectivity index (χ1) is 9.28. The molecule has 0 radical (unpaired) electrons. The van der Waals surface area contributed by atoms with E-state index in [9.17, 15) is 0 Å². The molecule has 0 unspecified atom stereocenters. The Morgan fingerprint density at radius 2 is 2.16 bits per heavy atom. The number of ether oxygens (including phenoxy) is 1. The predicted molar refractivity (Wildman–Crippen MR) is 82.1 cm³/mol. The van der Waals surface area contributed by atoms with Crippen LogP contribution in [0.25, 0.3) is 0 Å². The Kier molecular flexibility index (Phi) is 5.24. The third kappa shape index (κ3) is 4.58. The second-order valence-electron chi connectivity index (χ2n) is 4.44. The molecule has 0 fully saturated rings. The highest BCUT2D eigenvalue weighted by molar-refractivity contribution is 7.09. The van der Waals surface area contributed by atoms with E-state index in [0.717, 1.165) is 24.5 Å². The number of thiophene rings is 1. The van der Waals surface area contributed by atoms with Gasteiger partial charge in [0.15, 0.2) is 0 Å². The summed E-state index contributed by atoms with van der Waals surface area (Å²) in [6, 6.07) is 12.3. The minimum Gasteiger partial charge on any atom is -0.492 e. The van der Waals surface area contributed by atoms with Crippen LogP contribution in [0.5, 0.6) is 5.75 Å². The molecule has 0 spiro atoms. The van der Waals surface area contributed by atoms with Crippen molar-refractivity contribution in [2.45, 2.75) is 6.54 Å². The molecule has 1 N–H and O–H groups in total. The van der Waals surface area contributed by atoms with Gasteiger partial charge in [-0.2, -0.15) is 0 Å². The van der Waals surface area contributed by atoms with Gasteiger partial charge in [0.25, 0.3) is 0 Å². The summed E-state index contributed by atoms with van der Waals surface area (Å²) in [6.07, 6.45) is 0. The molecule has 0 aliphatic carbocycles. The fourth-order valence-electron chi connectivity index (χ4n) is 1.81. The molecule has 1 aromatic heterocycles. The van der Waals surface area contributed by atoms with Crippen LogP contribution >= 0.6 is 11.3 Å². The fraction of sp³-hybridized carbons (Fsp3) is 0.333. The number of hydrogen-bond donors (Lipinski definition) is 1. The number of rotatable bonds is 7. The van der Waals surface area contributed by atoms with Gasteiger partial charge in [-0.1, -0.05) is 12.1 Å². The van der Waals surface area contributed by atoms with E-state index in [0.29, 0.717) is 6.61 Å². The highest BCUT2D eigenvalue weighted by Crippen LogP contribution is 2.16. The van der Waals surface area contributed by atoms with Crippen molar-refractivity contribution in [2.75, 3.05) is 32.6 Å². The van der Waals surface area contributed by atoms with Crippen LogP contribution in [0.3, 0.4) is 0 Å². The fourth-order valence-corrected chi connectivity index (χ4v) is 2.59. The highest BCUT2D eigenvalue weighted by atomic mass is 32.1. The second-order valence-corrected chi connectivity index (χ2v) is 5.48. The molecule has 0 saturated heterocycles. The van der Waals surface area contributed by atoms with Crippen LogP contribution in [0.1, 0.15) is 4.88 Å². The molecule has 2 aromatic rings. The molecule has 0 saturated carbocycles. The van der Waals surface area contributed by atoms with Crippen molar-refractivity contribution >= 4 is 17.0 Å². The molecular formula is C15H20N2OS. The molecule has 0 bridgehead atoms. The zero-order valence-corrected chi connectivity index (χ0v) is 12.2. The van der Waals surface area contributed by atoms with Crippen LogP contribution in [0, 0.1) is 0 Å². The van der Waals surface area contributed by atoms with Gasteiger partial charge in [-0.3, -0.25) is 4.90 Å². The molecule has 1 aromatic carbocycles. The van der Waals surface area contributed by atoms with Crippen LogP contribution in [-0.4, -0.2) is 32.1 Å². The summed E-state index contributed by atoms with van der Waals surface area (Å²) in [5, 5.41) is 5.22. The van der Waals surface area contributed by atoms with Crippen molar-refractivity contribution < 1.29 is 4.74 Å². The Balaban J connectivity index is 1.73. The molecule has 0 atom stereocenters.